The summed E-state index contributed by atoms with van der Waals surface area (Å²) in [6.45, 7) is 1.45. The van der Waals surface area contributed by atoms with Crippen molar-refractivity contribution in [1.82, 2.24) is 5.32 Å². The topological polar surface area (TPSA) is 75.6 Å². The number of hydrogen-bond donors (Lipinski definition) is 2. The SMILES string of the molecule is CC(Oc1ccc(Cl)cc1Cl)C(=O)NC(C(=O)O)c1ccc(F)cc1. The van der Waals surface area contributed by atoms with Crippen LogP contribution in [0.3, 0.4) is 0 Å². The molecule has 25 heavy (non-hydrogen) atoms. The Balaban J connectivity index is 2.09. The fourth-order valence-corrected chi connectivity index (χ4v) is 2.47. The highest BCUT2D eigenvalue weighted by Crippen LogP contribution is 2.28. The number of carbonyl (C=O) groups is 2. The first kappa shape index (κ1) is 19.0. The van der Waals surface area contributed by atoms with E-state index in [9.17, 15) is 19.1 Å². The molecule has 1 amide bonds. The van der Waals surface area contributed by atoms with Crippen molar-refractivity contribution < 1.29 is 23.8 Å². The van der Waals surface area contributed by atoms with Gasteiger partial charge in [0.2, 0.25) is 0 Å². The number of hydrogen-bond acceptors (Lipinski definition) is 3. The van der Waals surface area contributed by atoms with Crippen LogP contribution in [-0.4, -0.2) is 23.1 Å². The number of benzene rings is 2. The van der Waals surface area contributed by atoms with Gasteiger partial charge in [-0.25, -0.2) is 9.18 Å². The van der Waals surface area contributed by atoms with Crippen molar-refractivity contribution in [1.29, 1.82) is 0 Å². The minimum Gasteiger partial charge on any atom is -0.479 e. The molecule has 2 aromatic carbocycles. The van der Waals surface area contributed by atoms with Gasteiger partial charge < -0.3 is 15.2 Å². The minimum atomic E-state index is -1.33. The highest BCUT2D eigenvalue weighted by molar-refractivity contribution is 6.35. The minimum absolute atomic E-state index is 0.223. The standard InChI is InChI=1S/C17H14Cl2FNO4/c1-9(25-14-7-4-11(18)8-13(14)19)16(22)21-15(17(23)24)10-2-5-12(20)6-3-10/h2-9,15H,1H3,(H,21,22)(H,23,24). The molecule has 132 valence electrons. The van der Waals surface area contributed by atoms with Crippen LogP contribution < -0.4 is 10.1 Å². The van der Waals surface area contributed by atoms with E-state index in [0.717, 1.165) is 12.1 Å². The molecule has 0 aliphatic rings. The quantitative estimate of drug-likeness (QED) is 0.791. The van der Waals surface area contributed by atoms with Gasteiger partial charge in [-0.15, -0.1) is 0 Å². The van der Waals surface area contributed by atoms with Gasteiger partial charge >= 0.3 is 5.97 Å². The molecule has 8 heteroatoms. The van der Waals surface area contributed by atoms with Crippen LogP contribution in [0.15, 0.2) is 42.5 Å². The summed E-state index contributed by atoms with van der Waals surface area (Å²) in [6.07, 6.45) is -1.01. The van der Waals surface area contributed by atoms with Gasteiger partial charge in [-0.1, -0.05) is 35.3 Å². The number of ether oxygens (including phenoxy) is 1. The van der Waals surface area contributed by atoms with E-state index in [1.54, 1.807) is 6.07 Å². The van der Waals surface area contributed by atoms with Crippen molar-refractivity contribution in [3.63, 3.8) is 0 Å². The lowest BCUT2D eigenvalue weighted by Crippen LogP contribution is -2.41. The van der Waals surface area contributed by atoms with Crippen LogP contribution in [0.5, 0.6) is 5.75 Å². The van der Waals surface area contributed by atoms with Gasteiger partial charge in [-0.3, -0.25) is 4.79 Å². The monoisotopic (exact) mass is 385 g/mol. The Morgan fingerprint density at radius 3 is 2.36 bits per heavy atom. The Hall–Kier alpha value is -2.31. The first-order valence-electron chi connectivity index (χ1n) is 7.18. The molecule has 2 atom stereocenters. The predicted octanol–water partition coefficient (Wildman–Crippen LogP) is 3.84. The van der Waals surface area contributed by atoms with Crippen LogP contribution >= 0.6 is 23.2 Å². The maximum atomic E-state index is 13.0. The van der Waals surface area contributed by atoms with Crippen LogP contribution in [0.25, 0.3) is 0 Å². The van der Waals surface area contributed by atoms with Crippen LogP contribution in [0.2, 0.25) is 10.0 Å². The van der Waals surface area contributed by atoms with Crippen LogP contribution in [-0.2, 0) is 9.59 Å². The molecule has 0 saturated carbocycles. The summed E-state index contributed by atoms with van der Waals surface area (Å²) in [4.78, 5) is 23.6. The van der Waals surface area contributed by atoms with E-state index in [4.69, 9.17) is 27.9 Å². The van der Waals surface area contributed by atoms with Gasteiger partial charge in [0.1, 0.15) is 11.6 Å². The van der Waals surface area contributed by atoms with E-state index in [1.807, 2.05) is 0 Å². The zero-order valence-corrected chi connectivity index (χ0v) is 14.5. The molecule has 0 aliphatic carbocycles. The van der Waals surface area contributed by atoms with Gasteiger partial charge in [0.25, 0.3) is 5.91 Å². The van der Waals surface area contributed by atoms with Gasteiger partial charge in [0.15, 0.2) is 12.1 Å². The lowest BCUT2D eigenvalue weighted by atomic mass is 10.1. The molecule has 0 heterocycles. The van der Waals surface area contributed by atoms with Crippen molar-refractivity contribution in [2.75, 3.05) is 0 Å². The largest absolute Gasteiger partial charge is 0.479 e. The summed E-state index contributed by atoms with van der Waals surface area (Å²) < 4.78 is 18.4. The van der Waals surface area contributed by atoms with E-state index in [-0.39, 0.29) is 16.3 Å². The van der Waals surface area contributed by atoms with E-state index in [1.165, 1.54) is 31.2 Å². The van der Waals surface area contributed by atoms with Crippen molar-refractivity contribution in [3.8, 4) is 5.75 Å². The highest BCUT2D eigenvalue weighted by Gasteiger charge is 2.25. The molecule has 0 fully saturated rings. The molecule has 0 bridgehead atoms. The van der Waals surface area contributed by atoms with Crippen molar-refractivity contribution in [2.45, 2.75) is 19.1 Å². The molecule has 0 aromatic heterocycles. The molecular weight excluding hydrogens is 372 g/mol. The van der Waals surface area contributed by atoms with Crippen molar-refractivity contribution in [2.24, 2.45) is 0 Å². The molecular formula is C17H14Cl2FNO4. The Morgan fingerprint density at radius 1 is 1.16 bits per heavy atom. The van der Waals surface area contributed by atoms with Gasteiger partial charge in [0.05, 0.1) is 5.02 Å². The number of rotatable bonds is 6. The maximum absolute atomic E-state index is 13.0. The number of carboxylic acid groups (broad SMARTS) is 1. The van der Waals surface area contributed by atoms with Gasteiger partial charge in [-0.2, -0.15) is 0 Å². The fourth-order valence-electron chi connectivity index (χ4n) is 2.02. The summed E-state index contributed by atoms with van der Waals surface area (Å²) in [5.41, 5.74) is 0.235. The third-order valence-electron chi connectivity index (χ3n) is 3.30. The van der Waals surface area contributed by atoms with E-state index < -0.39 is 29.8 Å². The summed E-state index contributed by atoms with van der Waals surface area (Å²) in [5.74, 6) is -2.21. The van der Waals surface area contributed by atoms with E-state index in [2.05, 4.69) is 5.32 Å². The molecule has 2 rings (SSSR count). The second-order valence-corrected chi connectivity index (χ2v) is 6.01. The zero-order chi connectivity index (χ0) is 18.6. The Bertz CT molecular complexity index is 783. The Labute approximate surface area is 153 Å². The lowest BCUT2D eigenvalue weighted by molar-refractivity contribution is -0.143. The van der Waals surface area contributed by atoms with Gasteiger partial charge in [-0.05, 0) is 42.8 Å². The fraction of sp³-hybridized carbons (Fsp3) is 0.176. The second-order valence-electron chi connectivity index (χ2n) is 5.17. The maximum Gasteiger partial charge on any atom is 0.330 e. The summed E-state index contributed by atoms with van der Waals surface area (Å²) in [6, 6.07) is 7.98. The summed E-state index contributed by atoms with van der Waals surface area (Å²) in [5, 5.41) is 12.3. The number of carboxylic acids is 1. The lowest BCUT2D eigenvalue weighted by Gasteiger charge is -2.19. The first-order chi connectivity index (χ1) is 11.8. The second kappa shape index (κ2) is 8.18. The number of carbonyl (C=O) groups excluding carboxylic acids is 1. The van der Waals surface area contributed by atoms with Crippen LogP contribution in [0, 0.1) is 5.82 Å². The molecule has 0 saturated heterocycles. The van der Waals surface area contributed by atoms with E-state index in [0.29, 0.717) is 5.02 Å². The molecule has 0 aliphatic heterocycles. The van der Waals surface area contributed by atoms with Crippen LogP contribution in [0.4, 0.5) is 4.39 Å². The molecule has 2 unspecified atom stereocenters. The average molecular weight is 386 g/mol. The molecule has 5 nitrogen and oxygen atoms in total. The van der Waals surface area contributed by atoms with Crippen molar-refractivity contribution >= 4 is 35.1 Å². The number of amides is 1. The molecule has 2 N–H and O–H groups in total. The normalized spacial score (nSPS) is 13.0. The van der Waals surface area contributed by atoms with Gasteiger partial charge in [0, 0.05) is 5.02 Å². The van der Waals surface area contributed by atoms with Crippen molar-refractivity contribution in [3.05, 3.63) is 63.9 Å². The Kier molecular flexibility index (Phi) is 6.22. The third kappa shape index (κ3) is 5.08. The molecule has 0 spiro atoms. The summed E-state index contributed by atoms with van der Waals surface area (Å²) in [7, 11) is 0. The zero-order valence-electron chi connectivity index (χ0n) is 13.0. The Morgan fingerprint density at radius 2 is 1.80 bits per heavy atom. The average Bonchev–Trinajstić information content (AvgIpc) is 2.55. The predicted molar refractivity (Wildman–Crippen MR) is 91.5 cm³/mol. The summed E-state index contributed by atoms with van der Waals surface area (Å²) >= 11 is 11.8. The molecule has 2 aromatic rings. The highest BCUT2D eigenvalue weighted by atomic mass is 35.5. The number of nitrogens with one attached hydrogen (secondary N) is 1. The third-order valence-corrected chi connectivity index (χ3v) is 3.83. The first-order valence-corrected chi connectivity index (χ1v) is 7.94. The molecule has 0 radical (unpaired) electrons. The van der Waals surface area contributed by atoms with Crippen LogP contribution in [0.1, 0.15) is 18.5 Å². The van der Waals surface area contributed by atoms with E-state index >= 15 is 0 Å². The smallest absolute Gasteiger partial charge is 0.330 e. The number of aliphatic carboxylic acids is 1. The number of halogens is 3.